The van der Waals surface area contributed by atoms with Crippen LogP contribution in [0.15, 0.2) is 18.5 Å². The second kappa shape index (κ2) is 4.91. The molecule has 0 aromatic carbocycles. The van der Waals surface area contributed by atoms with Crippen molar-refractivity contribution in [1.82, 2.24) is 29.4 Å². The van der Waals surface area contributed by atoms with E-state index in [4.69, 9.17) is 0 Å². The fraction of sp³-hybridized carbons (Fsp3) is 0.647. The van der Waals surface area contributed by atoms with Gasteiger partial charge in [-0.2, -0.15) is 5.10 Å². The summed E-state index contributed by atoms with van der Waals surface area (Å²) in [6.07, 6.45) is 8.06. The standard InChI is InChI=1S/C17H22N6O/c1-12-9-21(10-14-19-20-15(23(12)14)13-3-4-13)16(24)17(5-6-17)11-22-8-2-7-18-22/h2,7-8,12-13H,3-6,9-11H2,1H3/t12-/m0/s1. The molecule has 0 N–H and O–H groups in total. The Balaban J connectivity index is 1.37. The molecule has 2 fully saturated rings. The zero-order valence-corrected chi connectivity index (χ0v) is 13.9. The zero-order chi connectivity index (χ0) is 16.3. The predicted molar refractivity (Wildman–Crippen MR) is 86.0 cm³/mol. The number of hydrogen-bond acceptors (Lipinski definition) is 4. The van der Waals surface area contributed by atoms with Crippen LogP contribution in [0, 0.1) is 5.41 Å². The fourth-order valence-electron chi connectivity index (χ4n) is 3.97. The number of aromatic nitrogens is 5. The Hall–Kier alpha value is -2.18. The van der Waals surface area contributed by atoms with E-state index in [0.717, 1.165) is 31.0 Å². The van der Waals surface area contributed by atoms with E-state index in [0.29, 0.717) is 19.0 Å². The van der Waals surface area contributed by atoms with E-state index in [9.17, 15) is 4.79 Å². The smallest absolute Gasteiger partial charge is 0.231 e. The van der Waals surface area contributed by atoms with Gasteiger partial charge in [0.15, 0.2) is 5.82 Å². The van der Waals surface area contributed by atoms with Crippen LogP contribution in [0.3, 0.4) is 0 Å². The van der Waals surface area contributed by atoms with Gasteiger partial charge < -0.3 is 9.47 Å². The highest BCUT2D eigenvalue weighted by Gasteiger charge is 2.53. The lowest BCUT2D eigenvalue weighted by molar-refractivity contribution is -0.139. The summed E-state index contributed by atoms with van der Waals surface area (Å²) in [7, 11) is 0. The number of amides is 1. The van der Waals surface area contributed by atoms with E-state index in [1.807, 2.05) is 21.8 Å². The normalized spacial score (nSPS) is 24.7. The first-order chi connectivity index (χ1) is 11.7. The third kappa shape index (κ3) is 2.17. The van der Waals surface area contributed by atoms with Crippen molar-refractivity contribution >= 4 is 5.91 Å². The van der Waals surface area contributed by atoms with Crippen LogP contribution in [0.1, 0.15) is 56.2 Å². The minimum Gasteiger partial charge on any atom is -0.333 e. The van der Waals surface area contributed by atoms with Crippen LogP contribution < -0.4 is 0 Å². The third-order valence-corrected chi connectivity index (χ3v) is 5.61. The van der Waals surface area contributed by atoms with Gasteiger partial charge in [0.05, 0.1) is 24.5 Å². The molecule has 0 bridgehead atoms. The van der Waals surface area contributed by atoms with Gasteiger partial charge in [-0.25, -0.2) is 0 Å². The molecular weight excluding hydrogens is 304 g/mol. The molecule has 3 heterocycles. The monoisotopic (exact) mass is 326 g/mol. The van der Waals surface area contributed by atoms with Gasteiger partial charge >= 0.3 is 0 Å². The van der Waals surface area contributed by atoms with Crippen molar-refractivity contribution in [2.24, 2.45) is 5.41 Å². The van der Waals surface area contributed by atoms with E-state index >= 15 is 0 Å². The Morgan fingerprint density at radius 3 is 2.83 bits per heavy atom. The lowest BCUT2D eigenvalue weighted by Gasteiger charge is -2.35. The molecule has 2 aromatic heterocycles. The van der Waals surface area contributed by atoms with Gasteiger partial charge in [0.25, 0.3) is 0 Å². The SMILES string of the molecule is C[C@H]1CN(C(=O)C2(Cn3cccn3)CC2)Cc2nnc(C3CC3)n21. The van der Waals surface area contributed by atoms with E-state index < -0.39 is 0 Å². The van der Waals surface area contributed by atoms with Crippen LogP contribution >= 0.6 is 0 Å². The second-order valence-electron chi connectivity index (χ2n) is 7.64. The van der Waals surface area contributed by atoms with Crippen molar-refractivity contribution in [2.75, 3.05) is 6.54 Å². The first-order valence-electron chi connectivity index (χ1n) is 8.87. The van der Waals surface area contributed by atoms with Crippen molar-refractivity contribution in [3.8, 4) is 0 Å². The van der Waals surface area contributed by atoms with E-state index in [-0.39, 0.29) is 17.4 Å². The van der Waals surface area contributed by atoms with E-state index in [1.165, 1.54) is 12.8 Å². The minimum atomic E-state index is -0.257. The van der Waals surface area contributed by atoms with Crippen molar-refractivity contribution < 1.29 is 4.79 Å². The average molecular weight is 326 g/mol. The first-order valence-corrected chi connectivity index (χ1v) is 8.87. The van der Waals surface area contributed by atoms with Gasteiger partial charge in [0.1, 0.15) is 5.82 Å². The third-order valence-electron chi connectivity index (χ3n) is 5.61. The van der Waals surface area contributed by atoms with Crippen LogP contribution in [-0.2, 0) is 17.9 Å². The lowest BCUT2D eigenvalue weighted by atomic mass is 10.0. The summed E-state index contributed by atoms with van der Waals surface area (Å²) in [6, 6.07) is 2.16. The Labute approximate surface area is 140 Å². The molecule has 2 aromatic rings. The molecule has 1 atom stereocenters. The molecule has 2 saturated carbocycles. The lowest BCUT2D eigenvalue weighted by Crippen LogP contribution is -2.45. The maximum Gasteiger partial charge on any atom is 0.231 e. The van der Waals surface area contributed by atoms with E-state index in [1.54, 1.807) is 6.20 Å². The minimum absolute atomic E-state index is 0.254. The summed E-state index contributed by atoms with van der Waals surface area (Å²) < 4.78 is 4.15. The van der Waals surface area contributed by atoms with Crippen molar-refractivity contribution in [3.05, 3.63) is 30.1 Å². The molecule has 5 rings (SSSR count). The molecule has 1 amide bonds. The largest absolute Gasteiger partial charge is 0.333 e. The molecule has 0 saturated heterocycles. The summed E-state index contributed by atoms with van der Waals surface area (Å²) >= 11 is 0. The van der Waals surface area contributed by atoms with Crippen LogP contribution in [0.4, 0.5) is 0 Å². The van der Waals surface area contributed by atoms with Crippen LogP contribution in [-0.4, -0.2) is 41.9 Å². The van der Waals surface area contributed by atoms with Gasteiger partial charge in [0.2, 0.25) is 5.91 Å². The summed E-state index contributed by atoms with van der Waals surface area (Å²) in [6.45, 7) is 4.20. The van der Waals surface area contributed by atoms with Crippen molar-refractivity contribution in [1.29, 1.82) is 0 Å². The average Bonchev–Trinajstić information content (AvgIpc) is 3.47. The van der Waals surface area contributed by atoms with Gasteiger partial charge in [-0.15, -0.1) is 10.2 Å². The van der Waals surface area contributed by atoms with Crippen molar-refractivity contribution in [3.63, 3.8) is 0 Å². The van der Waals surface area contributed by atoms with Gasteiger partial charge in [-0.1, -0.05) is 0 Å². The molecule has 2 aliphatic carbocycles. The molecular formula is C17H22N6O. The highest BCUT2D eigenvalue weighted by Crippen LogP contribution is 2.49. The number of rotatable bonds is 4. The first kappa shape index (κ1) is 14.2. The Bertz CT molecular complexity index is 771. The summed E-state index contributed by atoms with van der Waals surface area (Å²) in [5.74, 6) is 2.92. The summed E-state index contributed by atoms with van der Waals surface area (Å²) in [4.78, 5) is 15.1. The van der Waals surface area contributed by atoms with Crippen LogP contribution in [0.2, 0.25) is 0 Å². The molecule has 24 heavy (non-hydrogen) atoms. The molecule has 7 heteroatoms. The zero-order valence-electron chi connectivity index (χ0n) is 13.9. The highest BCUT2D eigenvalue weighted by atomic mass is 16.2. The number of carbonyl (C=O) groups is 1. The van der Waals surface area contributed by atoms with Crippen LogP contribution in [0.5, 0.6) is 0 Å². The molecule has 0 spiro atoms. The van der Waals surface area contributed by atoms with Gasteiger partial charge in [-0.3, -0.25) is 9.48 Å². The highest BCUT2D eigenvalue weighted by molar-refractivity contribution is 5.85. The summed E-state index contributed by atoms with van der Waals surface area (Å²) in [5, 5.41) is 13.1. The number of hydrogen-bond donors (Lipinski definition) is 0. The van der Waals surface area contributed by atoms with E-state index in [2.05, 4.69) is 26.8 Å². The topological polar surface area (TPSA) is 68.8 Å². The maximum atomic E-state index is 13.1. The van der Waals surface area contributed by atoms with Gasteiger partial charge in [-0.05, 0) is 38.7 Å². The molecule has 126 valence electrons. The Morgan fingerprint density at radius 2 is 2.17 bits per heavy atom. The Morgan fingerprint density at radius 1 is 1.33 bits per heavy atom. The second-order valence-corrected chi connectivity index (χ2v) is 7.64. The molecule has 0 radical (unpaired) electrons. The fourth-order valence-corrected chi connectivity index (χ4v) is 3.97. The number of carbonyl (C=O) groups excluding carboxylic acids is 1. The molecule has 3 aliphatic rings. The van der Waals surface area contributed by atoms with Gasteiger partial charge in [0, 0.05) is 24.9 Å². The number of nitrogens with zero attached hydrogens (tertiary/aromatic N) is 6. The number of fused-ring (bicyclic) bond motifs is 1. The maximum absolute atomic E-state index is 13.1. The van der Waals surface area contributed by atoms with Crippen molar-refractivity contribution in [2.45, 2.75) is 57.7 Å². The Kier molecular flexibility index (Phi) is 2.90. The predicted octanol–water partition coefficient (Wildman–Crippen LogP) is 1.74. The molecule has 7 nitrogen and oxygen atoms in total. The molecule has 1 aliphatic heterocycles. The molecule has 0 unspecified atom stereocenters. The van der Waals surface area contributed by atoms with Crippen LogP contribution in [0.25, 0.3) is 0 Å². The quantitative estimate of drug-likeness (QED) is 0.858. The summed E-state index contributed by atoms with van der Waals surface area (Å²) in [5.41, 5.74) is -0.257.